The van der Waals surface area contributed by atoms with Crippen LogP contribution in [0.5, 0.6) is 0 Å². The fraction of sp³-hybridized carbons (Fsp3) is 0.273. The maximum atomic E-state index is 11.7. The molecule has 4 N–H and O–H groups in total. The Labute approximate surface area is 93.9 Å². The summed E-state index contributed by atoms with van der Waals surface area (Å²) in [4.78, 5) is 11.7. The van der Waals surface area contributed by atoms with Crippen LogP contribution < -0.4 is 16.1 Å². The lowest BCUT2D eigenvalue weighted by Gasteiger charge is -2.27. The maximum absolute atomic E-state index is 11.7. The zero-order valence-corrected chi connectivity index (χ0v) is 9.27. The molecule has 1 aromatic carbocycles. The summed E-state index contributed by atoms with van der Waals surface area (Å²) in [6.45, 7) is 3.76. The number of hydrogen-bond donors (Lipinski definition) is 2. The summed E-state index contributed by atoms with van der Waals surface area (Å²) in [5.74, 6) is 0.333. The van der Waals surface area contributed by atoms with Crippen LogP contribution in [-0.4, -0.2) is 17.9 Å². The molecule has 1 aliphatic heterocycles. The van der Waals surface area contributed by atoms with Crippen molar-refractivity contribution in [1.82, 2.24) is 4.59 Å². The lowest BCUT2D eigenvalue weighted by Crippen LogP contribution is -2.56. The fourth-order valence-corrected chi connectivity index (χ4v) is 2.02. The SMILES string of the molecule is CC(C)[N+]1(C(N)=O)N=C(N)c2c[c]ccc21. The van der Waals surface area contributed by atoms with Gasteiger partial charge in [-0.05, 0) is 37.1 Å². The first-order chi connectivity index (χ1) is 7.50. The summed E-state index contributed by atoms with van der Waals surface area (Å²) >= 11 is 0. The first-order valence-electron chi connectivity index (χ1n) is 5.05. The van der Waals surface area contributed by atoms with Gasteiger partial charge in [0.1, 0.15) is 6.04 Å². The van der Waals surface area contributed by atoms with Gasteiger partial charge in [0.2, 0.25) is 0 Å². The number of carbonyl (C=O) groups is 1. The van der Waals surface area contributed by atoms with E-state index in [2.05, 4.69) is 11.2 Å². The van der Waals surface area contributed by atoms with Crippen molar-refractivity contribution in [2.45, 2.75) is 19.9 Å². The van der Waals surface area contributed by atoms with Gasteiger partial charge in [0, 0.05) is 6.07 Å². The van der Waals surface area contributed by atoms with Crippen LogP contribution in [0.25, 0.3) is 0 Å². The summed E-state index contributed by atoms with van der Waals surface area (Å²) in [6, 6.07) is 7.52. The molecule has 5 heteroatoms. The van der Waals surface area contributed by atoms with Crippen LogP contribution in [0.4, 0.5) is 10.5 Å². The largest absolute Gasteiger partial charge is 0.446 e. The van der Waals surface area contributed by atoms with Gasteiger partial charge in [-0.1, -0.05) is 4.59 Å². The molecule has 1 atom stereocenters. The second kappa shape index (κ2) is 3.31. The lowest BCUT2D eigenvalue weighted by molar-refractivity contribution is 0.198. The molecule has 16 heavy (non-hydrogen) atoms. The van der Waals surface area contributed by atoms with Gasteiger partial charge in [0.25, 0.3) is 0 Å². The Morgan fingerprint density at radius 3 is 2.81 bits per heavy atom. The highest BCUT2D eigenvalue weighted by Gasteiger charge is 2.48. The summed E-state index contributed by atoms with van der Waals surface area (Å²) < 4.78 is -0.268. The molecule has 0 bridgehead atoms. The number of primary amides is 1. The van der Waals surface area contributed by atoms with E-state index >= 15 is 0 Å². The molecule has 1 unspecified atom stereocenters. The molecule has 0 fully saturated rings. The minimum Gasteiger partial charge on any atom is -0.379 e. The van der Waals surface area contributed by atoms with E-state index in [9.17, 15) is 4.79 Å². The molecule has 2 rings (SSSR count). The fourth-order valence-electron chi connectivity index (χ4n) is 2.02. The van der Waals surface area contributed by atoms with Crippen molar-refractivity contribution in [2.24, 2.45) is 16.6 Å². The number of nitrogens with two attached hydrogens (primary N) is 2. The van der Waals surface area contributed by atoms with Crippen molar-refractivity contribution >= 4 is 17.6 Å². The minimum absolute atomic E-state index is 0.0975. The number of urea groups is 1. The Morgan fingerprint density at radius 2 is 2.25 bits per heavy atom. The van der Waals surface area contributed by atoms with Crippen molar-refractivity contribution in [3.05, 3.63) is 29.8 Å². The summed E-state index contributed by atoms with van der Waals surface area (Å²) in [7, 11) is 0. The van der Waals surface area contributed by atoms with Crippen molar-refractivity contribution in [1.29, 1.82) is 0 Å². The molecule has 0 spiro atoms. The first kappa shape index (κ1) is 10.6. The minimum atomic E-state index is -0.525. The number of hydrogen-bond acceptors (Lipinski definition) is 3. The molecule has 1 radical (unpaired) electrons. The molecule has 2 amide bonds. The van der Waals surface area contributed by atoms with Crippen LogP contribution >= 0.6 is 0 Å². The normalized spacial score (nSPS) is 23.1. The number of carbonyl (C=O) groups excluding carboxylic acids is 1. The lowest BCUT2D eigenvalue weighted by atomic mass is 10.1. The quantitative estimate of drug-likeness (QED) is 0.687. The van der Waals surface area contributed by atoms with Gasteiger partial charge in [-0.2, -0.15) is 0 Å². The third-order valence-corrected chi connectivity index (χ3v) is 2.83. The molecule has 83 valence electrons. The Balaban J connectivity index is 2.73. The van der Waals surface area contributed by atoms with E-state index in [1.165, 1.54) is 0 Å². The van der Waals surface area contributed by atoms with Crippen LogP contribution in [0.1, 0.15) is 19.4 Å². The molecular formula is C11H14N4O+. The van der Waals surface area contributed by atoms with Crippen LogP contribution in [0.2, 0.25) is 0 Å². The number of benzene rings is 1. The highest BCUT2D eigenvalue weighted by Crippen LogP contribution is 2.35. The smallest absolute Gasteiger partial charge is 0.379 e. The second-order valence-electron chi connectivity index (χ2n) is 4.05. The number of quaternary nitrogens is 1. The zero-order valence-electron chi connectivity index (χ0n) is 9.27. The highest BCUT2D eigenvalue weighted by atomic mass is 16.2. The maximum Gasteiger partial charge on any atom is 0.446 e. The Hall–Kier alpha value is -1.88. The van der Waals surface area contributed by atoms with Gasteiger partial charge in [0.05, 0.1) is 5.56 Å². The van der Waals surface area contributed by atoms with E-state index in [4.69, 9.17) is 11.5 Å². The van der Waals surface area contributed by atoms with Gasteiger partial charge < -0.3 is 11.5 Å². The number of nitrogens with zero attached hydrogens (tertiary/aromatic N) is 2. The van der Waals surface area contributed by atoms with E-state index in [1.54, 1.807) is 18.2 Å². The van der Waals surface area contributed by atoms with Gasteiger partial charge in [-0.15, -0.1) is 0 Å². The van der Waals surface area contributed by atoms with Crippen LogP contribution in [0, 0.1) is 6.07 Å². The van der Waals surface area contributed by atoms with Crippen molar-refractivity contribution in [3.8, 4) is 0 Å². The number of rotatable bonds is 1. The molecule has 5 nitrogen and oxygen atoms in total. The van der Waals surface area contributed by atoms with E-state index < -0.39 is 6.03 Å². The van der Waals surface area contributed by atoms with Gasteiger partial charge in [-0.3, -0.25) is 0 Å². The molecule has 1 heterocycles. The molecule has 1 aliphatic rings. The molecular weight excluding hydrogens is 204 g/mol. The third kappa shape index (κ3) is 1.15. The predicted octanol–water partition coefficient (Wildman–Crippen LogP) is 0.915. The van der Waals surface area contributed by atoms with Crippen LogP contribution in [0.3, 0.4) is 0 Å². The van der Waals surface area contributed by atoms with E-state index in [0.717, 1.165) is 11.3 Å². The average Bonchev–Trinajstić information content (AvgIpc) is 2.54. The number of fused-ring (bicyclic) bond motifs is 1. The highest BCUT2D eigenvalue weighted by molar-refractivity contribution is 6.09. The third-order valence-electron chi connectivity index (χ3n) is 2.83. The zero-order chi connectivity index (χ0) is 11.9. The number of amides is 2. The van der Waals surface area contributed by atoms with Crippen molar-refractivity contribution in [2.75, 3.05) is 0 Å². The topological polar surface area (TPSA) is 81.5 Å². The summed E-state index contributed by atoms with van der Waals surface area (Å²) in [6.07, 6.45) is 0. The van der Waals surface area contributed by atoms with Gasteiger partial charge in [0.15, 0.2) is 11.5 Å². The van der Waals surface area contributed by atoms with Crippen LogP contribution in [0.15, 0.2) is 23.3 Å². The van der Waals surface area contributed by atoms with E-state index in [0.29, 0.717) is 5.84 Å². The predicted molar refractivity (Wildman–Crippen MR) is 62.5 cm³/mol. The standard InChI is InChI=1S/C11H13N4O/c1-7(2)15(11(13)16)9-6-4-3-5-8(9)10(12)14-15/h4-7H,1-2H3,(H3-,12,13,14,16)/p+1. The van der Waals surface area contributed by atoms with E-state index in [1.807, 2.05) is 13.8 Å². The Kier molecular flexibility index (Phi) is 2.20. The summed E-state index contributed by atoms with van der Waals surface area (Å²) in [5, 5.41) is 4.22. The average molecular weight is 218 g/mol. The molecule has 0 aliphatic carbocycles. The van der Waals surface area contributed by atoms with E-state index in [-0.39, 0.29) is 10.6 Å². The Bertz CT molecular complexity index is 481. The monoisotopic (exact) mass is 218 g/mol. The van der Waals surface area contributed by atoms with Gasteiger partial charge in [-0.25, -0.2) is 4.79 Å². The Morgan fingerprint density at radius 1 is 1.56 bits per heavy atom. The molecule has 0 aromatic heterocycles. The molecule has 0 saturated carbocycles. The van der Waals surface area contributed by atoms with Crippen molar-refractivity contribution < 1.29 is 4.79 Å². The number of amidine groups is 1. The molecule has 1 aromatic rings. The van der Waals surface area contributed by atoms with Crippen molar-refractivity contribution in [3.63, 3.8) is 0 Å². The van der Waals surface area contributed by atoms with Gasteiger partial charge >= 0.3 is 6.03 Å². The second-order valence-corrected chi connectivity index (χ2v) is 4.05. The van der Waals surface area contributed by atoms with Crippen LogP contribution in [-0.2, 0) is 0 Å². The molecule has 0 saturated heterocycles. The summed E-state index contributed by atoms with van der Waals surface area (Å²) in [5.41, 5.74) is 12.7. The first-order valence-corrected chi connectivity index (χ1v) is 5.05.